The van der Waals surface area contributed by atoms with Crippen LogP contribution >= 0.6 is 15.9 Å². The Labute approximate surface area is 138 Å². The Morgan fingerprint density at radius 1 is 1.18 bits per heavy atom. The predicted molar refractivity (Wildman–Crippen MR) is 90.6 cm³/mol. The van der Waals surface area contributed by atoms with Gasteiger partial charge in [0.25, 0.3) is 0 Å². The molecule has 0 aliphatic carbocycles. The van der Waals surface area contributed by atoms with Gasteiger partial charge in [0.15, 0.2) is 0 Å². The van der Waals surface area contributed by atoms with E-state index in [4.69, 9.17) is 9.47 Å². The first-order valence-corrected chi connectivity index (χ1v) is 7.70. The highest BCUT2D eigenvalue weighted by Crippen LogP contribution is 2.21. The molecule has 1 N–H and O–H groups in total. The Morgan fingerprint density at radius 3 is 2.59 bits per heavy atom. The van der Waals surface area contributed by atoms with Gasteiger partial charge in [-0.25, -0.2) is 4.79 Å². The predicted octanol–water partition coefficient (Wildman–Crippen LogP) is 4.04. The van der Waals surface area contributed by atoms with Crippen LogP contribution in [0.1, 0.15) is 15.9 Å². The molecule has 5 heteroatoms. The van der Waals surface area contributed by atoms with Crippen LogP contribution in [0.25, 0.3) is 0 Å². The van der Waals surface area contributed by atoms with E-state index in [9.17, 15) is 4.79 Å². The summed E-state index contributed by atoms with van der Waals surface area (Å²) in [5.41, 5.74) is 2.41. The second kappa shape index (κ2) is 7.84. The lowest BCUT2D eigenvalue weighted by Gasteiger charge is -2.12. The Hall–Kier alpha value is -2.01. The third-order valence-corrected chi connectivity index (χ3v) is 3.59. The number of anilines is 1. The molecule has 0 spiro atoms. The van der Waals surface area contributed by atoms with E-state index < -0.39 is 0 Å². The van der Waals surface area contributed by atoms with Crippen molar-refractivity contribution >= 4 is 27.6 Å². The Morgan fingerprint density at radius 2 is 1.91 bits per heavy atom. The molecule has 0 atom stereocenters. The lowest BCUT2D eigenvalue weighted by atomic mass is 10.2. The number of carbonyl (C=O) groups is 1. The number of hydrogen-bond donors (Lipinski definition) is 1. The van der Waals surface area contributed by atoms with E-state index in [0.29, 0.717) is 18.7 Å². The van der Waals surface area contributed by atoms with Gasteiger partial charge in [-0.3, -0.25) is 0 Å². The molecule has 0 saturated heterocycles. The molecular formula is C17H18BrNO3. The number of aryl methyl sites for hydroxylation is 1. The minimum atomic E-state index is -0.372. The highest BCUT2D eigenvalue weighted by Gasteiger charge is 2.12. The van der Waals surface area contributed by atoms with E-state index in [-0.39, 0.29) is 5.97 Å². The second-order valence-corrected chi connectivity index (χ2v) is 5.69. The number of benzene rings is 2. The smallest absolute Gasteiger partial charge is 0.340 e. The van der Waals surface area contributed by atoms with E-state index in [1.165, 1.54) is 12.7 Å². The summed E-state index contributed by atoms with van der Waals surface area (Å²) in [5, 5.41) is 3.19. The van der Waals surface area contributed by atoms with E-state index in [0.717, 1.165) is 15.9 Å². The van der Waals surface area contributed by atoms with Crippen LogP contribution in [0.15, 0.2) is 46.9 Å². The van der Waals surface area contributed by atoms with Crippen molar-refractivity contribution in [3.63, 3.8) is 0 Å². The molecule has 0 unspecified atom stereocenters. The van der Waals surface area contributed by atoms with E-state index in [2.05, 4.69) is 21.2 Å². The van der Waals surface area contributed by atoms with Gasteiger partial charge in [0.2, 0.25) is 0 Å². The van der Waals surface area contributed by atoms with Crippen LogP contribution in [-0.4, -0.2) is 26.2 Å². The molecule has 0 radical (unpaired) electrons. The molecule has 0 aliphatic rings. The van der Waals surface area contributed by atoms with Crippen molar-refractivity contribution in [3.8, 4) is 5.75 Å². The van der Waals surface area contributed by atoms with Gasteiger partial charge >= 0.3 is 5.97 Å². The molecule has 2 aromatic rings. The maximum atomic E-state index is 11.8. The van der Waals surface area contributed by atoms with Crippen LogP contribution in [-0.2, 0) is 4.74 Å². The fourth-order valence-electron chi connectivity index (χ4n) is 1.94. The van der Waals surface area contributed by atoms with Crippen LogP contribution < -0.4 is 10.1 Å². The molecule has 2 aromatic carbocycles. The molecule has 0 aliphatic heterocycles. The molecule has 116 valence electrons. The summed E-state index contributed by atoms with van der Waals surface area (Å²) in [5.74, 6) is 0.458. The number of ether oxygens (including phenoxy) is 2. The first-order valence-electron chi connectivity index (χ1n) is 6.91. The number of rotatable bonds is 6. The number of methoxy groups -OCH3 is 1. The standard InChI is InChI=1S/C17H18BrNO3/c1-12-3-6-14(7-4-12)22-10-9-19-16-8-5-13(18)11-15(16)17(20)21-2/h3-8,11,19H,9-10H2,1-2H3. The molecular weight excluding hydrogens is 346 g/mol. The summed E-state index contributed by atoms with van der Waals surface area (Å²) in [6.45, 7) is 3.12. The highest BCUT2D eigenvalue weighted by molar-refractivity contribution is 9.10. The summed E-state index contributed by atoms with van der Waals surface area (Å²) in [7, 11) is 1.37. The fourth-order valence-corrected chi connectivity index (χ4v) is 2.30. The van der Waals surface area contributed by atoms with Crippen LogP contribution in [0.4, 0.5) is 5.69 Å². The minimum Gasteiger partial charge on any atom is -0.492 e. The largest absolute Gasteiger partial charge is 0.492 e. The van der Waals surface area contributed by atoms with Gasteiger partial charge < -0.3 is 14.8 Å². The molecule has 0 heterocycles. The van der Waals surface area contributed by atoms with Crippen LogP contribution in [0, 0.1) is 6.92 Å². The summed E-state index contributed by atoms with van der Waals surface area (Å²) >= 11 is 3.35. The number of carbonyl (C=O) groups excluding carboxylic acids is 1. The monoisotopic (exact) mass is 363 g/mol. The van der Waals surface area contributed by atoms with Gasteiger partial charge in [-0.15, -0.1) is 0 Å². The van der Waals surface area contributed by atoms with Gasteiger partial charge in [0, 0.05) is 16.7 Å². The summed E-state index contributed by atoms with van der Waals surface area (Å²) in [6, 6.07) is 13.3. The maximum absolute atomic E-state index is 11.8. The third-order valence-electron chi connectivity index (χ3n) is 3.09. The van der Waals surface area contributed by atoms with Crippen LogP contribution in [0.3, 0.4) is 0 Å². The maximum Gasteiger partial charge on any atom is 0.340 e. The zero-order valence-corrected chi connectivity index (χ0v) is 14.1. The van der Waals surface area contributed by atoms with E-state index >= 15 is 0 Å². The molecule has 4 nitrogen and oxygen atoms in total. The van der Waals surface area contributed by atoms with Crippen molar-refractivity contribution in [1.29, 1.82) is 0 Å². The Balaban J connectivity index is 1.91. The molecule has 0 fully saturated rings. The third kappa shape index (κ3) is 4.49. The fraction of sp³-hybridized carbons (Fsp3) is 0.235. The average Bonchev–Trinajstić information content (AvgIpc) is 2.53. The summed E-state index contributed by atoms with van der Waals surface area (Å²) in [6.07, 6.45) is 0. The van der Waals surface area contributed by atoms with Crippen molar-refractivity contribution in [2.24, 2.45) is 0 Å². The molecule has 0 saturated carbocycles. The summed E-state index contributed by atoms with van der Waals surface area (Å²) < 4.78 is 11.3. The van der Waals surface area contributed by atoms with Crippen molar-refractivity contribution in [1.82, 2.24) is 0 Å². The van der Waals surface area contributed by atoms with E-state index in [1.807, 2.05) is 43.3 Å². The topological polar surface area (TPSA) is 47.6 Å². The first-order chi connectivity index (χ1) is 10.6. The van der Waals surface area contributed by atoms with Crippen molar-refractivity contribution in [3.05, 3.63) is 58.1 Å². The van der Waals surface area contributed by atoms with Crippen molar-refractivity contribution in [2.75, 3.05) is 25.6 Å². The molecule has 0 amide bonds. The normalized spacial score (nSPS) is 10.1. The highest BCUT2D eigenvalue weighted by atomic mass is 79.9. The zero-order chi connectivity index (χ0) is 15.9. The van der Waals surface area contributed by atoms with Gasteiger partial charge in [-0.1, -0.05) is 33.6 Å². The average molecular weight is 364 g/mol. The number of nitrogens with one attached hydrogen (secondary N) is 1. The SMILES string of the molecule is COC(=O)c1cc(Br)ccc1NCCOc1ccc(C)cc1. The van der Waals surface area contributed by atoms with Crippen LogP contribution in [0.5, 0.6) is 5.75 Å². The molecule has 0 bridgehead atoms. The zero-order valence-electron chi connectivity index (χ0n) is 12.6. The number of hydrogen-bond acceptors (Lipinski definition) is 4. The van der Waals surface area contributed by atoms with Crippen LogP contribution in [0.2, 0.25) is 0 Å². The minimum absolute atomic E-state index is 0.372. The lowest BCUT2D eigenvalue weighted by molar-refractivity contribution is 0.0601. The van der Waals surface area contributed by atoms with E-state index in [1.54, 1.807) is 6.07 Å². The van der Waals surface area contributed by atoms with Crippen molar-refractivity contribution < 1.29 is 14.3 Å². The molecule has 22 heavy (non-hydrogen) atoms. The second-order valence-electron chi connectivity index (χ2n) is 4.77. The molecule has 2 rings (SSSR count). The van der Waals surface area contributed by atoms with Gasteiger partial charge in [0.1, 0.15) is 12.4 Å². The molecule has 0 aromatic heterocycles. The quantitative estimate of drug-likeness (QED) is 0.621. The van der Waals surface area contributed by atoms with Crippen molar-refractivity contribution in [2.45, 2.75) is 6.92 Å². The lowest BCUT2D eigenvalue weighted by Crippen LogP contribution is -2.14. The van der Waals surface area contributed by atoms with Gasteiger partial charge in [-0.2, -0.15) is 0 Å². The Bertz CT molecular complexity index is 641. The van der Waals surface area contributed by atoms with Gasteiger partial charge in [-0.05, 0) is 37.3 Å². The number of esters is 1. The van der Waals surface area contributed by atoms with Gasteiger partial charge in [0.05, 0.1) is 12.7 Å². The summed E-state index contributed by atoms with van der Waals surface area (Å²) in [4.78, 5) is 11.8. The first kappa shape index (κ1) is 16.4. The Kier molecular flexibility index (Phi) is 5.83. The number of halogens is 1.